The van der Waals surface area contributed by atoms with Crippen molar-refractivity contribution in [1.29, 1.82) is 0 Å². The molecule has 2 N–H and O–H groups in total. The second-order valence-corrected chi connectivity index (χ2v) is 7.17. The molecule has 0 aromatic heterocycles. The molecule has 1 fully saturated rings. The molecule has 1 saturated heterocycles. The van der Waals surface area contributed by atoms with Gasteiger partial charge in [0.05, 0.1) is 0 Å². The summed E-state index contributed by atoms with van der Waals surface area (Å²) < 4.78 is 0. The molecule has 0 radical (unpaired) electrons. The number of amides is 4. The van der Waals surface area contributed by atoms with Crippen molar-refractivity contribution in [2.45, 2.75) is 45.6 Å². The zero-order valence-electron chi connectivity index (χ0n) is 15.2. The third kappa shape index (κ3) is 5.05. The van der Waals surface area contributed by atoms with Gasteiger partial charge < -0.3 is 10.6 Å². The lowest BCUT2D eigenvalue weighted by Gasteiger charge is -2.21. The molecule has 1 aromatic carbocycles. The summed E-state index contributed by atoms with van der Waals surface area (Å²) in [6, 6.07) is 9.31. The van der Waals surface area contributed by atoms with Crippen LogP contribution in [0.15, 0.2) is 30.3 Å². The summed E-state index contributed by atoms with van der Waals surface area (Å²) >= 11 is 0. The van der Waals surface area contributed by atoms with Crippen LogP contribution in [0.3, 0.4) is 0 Å². The second kappa shape index (κ2) is 8.14. The molecule has 0 saturated carbocycles. The number of imide groups is 1. The molecule has 0 spiro atoms. The van der Waals surface area contributed by atoms with Gasteiger partial charge in [-0.1, -0.05) is 44.2 Å². The summed E-state index contributed by atoms with van der Waals surface area (Å²) in [5, 5.41) is 5.49. The molecule has 6 heteroatoms. The average molecular weight is 345 g/mol. The van der Waals surface area contributed by atoms with Gasteiger partial charge in [-0.3, -0.25) is 14.5 Å². The molecular weight excluding hydrogens is 318 g/mol. The summed E-state index contributed by atoms with van der Waals surface area (Å²) in [4.78, 5) is 37.8. The number of hydrogen-bond donors (Lipinski definition) is 2. The molecule has 6 nitrogen and oxygen atoms in total. The van der Waals surface area contributed by atoms with Crippen LogP contribution in [0.2, 0.25) is 0 Å². The highest BCUT2D eigenvalue weighted by Gasteiger charge is 2.47. The number of nitrogens with one attached hydrogen (secondary N) is 2. The first-order valence-electron chi connectivity index (χ1n) is 8.76. The first-order chi connectivity index (χ1) is 11.8. The molecule has 136 valence electrons. The van der Waals surface area contributed by atoms with Gasteiger partial charge >= 0.3 is 6.03 Å². The normalized spacial score (nSPS) is 20.1. The molecule has 0 bridgehead atoms. The molecule has 1 aliphatic heterocycles. The minimum atomic E-state index is -0.967. The van der Waals surface area contributed by atoms with E-state index in [1.54, 1.807) is 6.92 Å². The summed E-state index contributed by atoms with van der Waals surface area (Å²) in [6.07, 6.45) is 2.03. The molecule has 0 unspecified atom stereocenters. The van der Waals surface area contributed by atoms with Crippen LogP contribution in [0, 0.1) is 5.92 Å². The van der Waals surface area contributed by atoms with Crippen molar-refractivity contribution >= 4 is 17.8 Å². The zero-order valence-corrected chi connectivity index (χ0v) is 15.2. The number of nitrogens with zero attached hydrogens (tertiary/aromatic N) is 1. The lowest BCUT2D eigenvalue weighted by atomic mass is 9.93. The number of hydrogen-bond acceptors (Lipinski definition) is 3. The fraction of sp³-hybridized carbons (Fsp3) is 0.526. The first kappa shape index (κ1) is 19.0. The fourth-order valence-corrected chi connectivity index (χ4v) is 2.80. The Hall–Kier alpha value is -2.37. The molecule has 0 aliphatic carbocycles. The molecule has 1 atom stereocenters. The third-order valence-corrected chi connectivity index (χ3v) is 4.45. The lowest BCUT2D eigenvalue weighted by Crippen LogP contribution is -2.45. The van der Waals surface area contributed by atoms with E-state index in [0.29, 0.717) is 25.3 Å². The van der Waals surface area contributed by atoms with Gasteiger partial charge in [0.2, 0.25) is 5.91 Å². The largest absolute Gasteiger partial charge is 0.355 e. The van der Waals surface area contributed by atoms with E-state index in [2.05, 4.69) is 24.5 Å². The predicted octanol–water partition coefficient (Wildman–Crippen LogP) is 2.09. The molecule has 25 heavy (non-hydrogen) atoms. The predicted molar refractivity (Wildman–Crippen MR) is 95.9 cm³/mol. The average Bonchev–Trinajstić information content (AvgIpc) is 2.77. The Morgan fingerprint density at radius 1 is 1.24 bits per heavy atom. The SMILES string of the molecule is CC(C)CCNC(=O)CN1C(=O)N[C@](C)(CCc2ccccc2)C1=O. The van der Waals surface area contributed by atoms with E-state index < -0.39 is 11.6 Å². The van der Waals surface area contributed by atoms with Crippen molar-refractivity contribution in [3.8, 4) is 0 Å². The van der Waals surface area contributed by atoms with Gasteiger partial charge in [0.15, 0.2) is 0 Å². The zero-order chi connectivity index (χ0) is 18.4. The fourth-order valence-electron chi connectivity index (χ4n) is 2.80. The Bertz CT molecular complexity index is 630. The maximum Gasteiger partial charge on any atom is 0.325 e. The van der Waals surface area contributed by atoms with E-state index in [-0.39, 0.29) is 18.4 Å². The first-order valence-corrected chi connectivity index (χ1v) is 8.76. The summed E-state index contributed by atoms with van der Waals surface area (Å²) in [7, 11) is 0. The standard InChI is InChI=1S/C19H27N3O3/c1-14(2)10-12-20-16(23)13-22-17(24)19(3,21-18(22)25)11-9-15-7-5-4-6-8-15/h4-8,14H,9-13H2,1-3H3,(H,20,23)(H,21,25)/t19-/m1/s1. The highest BCUT2D eigenvalue weighted by atomic mass is 16.2. The number of benzene rings is 1. The van der Waals surface area contributed by atoms with E-state index in [9.17, 15) is 14.4 Å². The molecule has 2 rings (SSSR count). The van der Waals surface area contributed by atoms with Crippen LogP contribution in [0.5, 0.6) is 0 Å². The minimum Gasteiger partial charge on any atom is -0.355 e. The van der Waals surface area contributed by atoms with E-state index in [1.165, 1.54) is 0 Å². The Morgan fingerprint density at radius 3 is 2.56 bits per heavy atom. The van der Waals surface area contributed by atoms with Crippen LogP contribution in [0.25, 0.3) is 0 Å². The monoisotopic (exact) mass is 345 g/mol. The second-order valence-electron chi connectivity index (χ2n) is 7.17. The summed E-state index contributed by atoms with van der Waals surface area (Å²) in [6.45, 7) is 6.17. The van der Waals surface area contributed by atoms with Gasteiger partial charge in [0.1, 0.15) is 12.1 Å². The molecule has 1 aromatic rings. The lowest BCUT2D eigenvalue weighted by molar-refractivity contribution is -0.134. The van der Waals surface area contributed by atoms with Crippen LogP contribution >= 0.6 is 0 Å². The number of carbonyl (C=O) groups excluding carboxylic acids is 3. The number of carbonyl (C=O) groups is 3. The number of urea groups is 1. The van der Waals surface area contributed by atoms with Crippen molar-refractivity contribution in [1.82, 2.24) is 15.5 Å². The maximum atomic E-state index is 12.6. The van der Waals surface area contributed by atoms with Crippen LogP contribution in [-0.2, 0) is 16.0 Å². The Morgan fingerprint density at radius 2 is 1.92 bits per heavy atom. The Balaban J connectivity index is 1.90. The van der Waals surface area contributed by atoms with Crippen LogP contribution < -0.4 is 10.6 Å². The maximum absolute atomic E-state index is 12.6. The molecule has 1 heterocycles. The molecule has 1 aliphatic rings. The van der Waals surface area contributed by atoms with E-state index >= 15 is 0 Å². The van der Waals surface area contributed by atoms with Gasteiger partial charge in [0, 0.05) is 6.54 Å². The van der Waals surface area contributed by atoms with Gasteiger partial charge in [0.25, 0.3) is 5.91 Å². The van der Waals surface area contributed by atoms with Gasteiger partial charge in [-0.2, -0.15) is 0 Å². The topological polar surface area (TPSA) is 78.5 Å². The van der Waals surface area contributed by atoms with E-state index in [1.807, 2.05) is 30.3 Å². The van der Waals surface area contributed by atoms with Crippen LogP contribution in [-0.4, -0.2) is 41.4 Å². The van der Waals surface area contributed by atoms with E-state index in [0.717, 1.165) is 16.9 Å². The summed E-state index contributed by atoms with van der Waals surface area (Å²) in [5.41, 5.74) is 0.140. The van der Waals surface area contributed by atoms with Crippen molar-refractivity contribution in [2.24, 2.45) is 5.92 Å². The number of rotatable bonds is 8. The Labute approximate surface area is 149 Å². The van der Waals surface area contributed by atoms with Gasteiger partial charge in [-0.05, 0) is 37.7 Å². The van der Waals surface area contributed by atoms with Crippen molar-refractivity contribution in [2.75, 3.05) is 13.1 Å². The van der Waals surface area contributed by atoms with Crippen molar-refractivity contribution in [3.05, 3.63) is 35.9 Å². The molecule has 4 amide bonds. The van der Waals surface area contributed by atoms with Gasteiger partial charge in [-0.15, -0.1) is 0 Å². The minimum absolute atomic E-state index is 0.232. The molecular formula is C19H27N3O3. The Kier molecular flexibility index (Phi) is 6.17. The highest BCUT2D eigenvalue weighted by molar-refractivity contribution is 6.08. The quantitative estimate of drug-likeness (QED) is 0.708. The van der Waals surface area contributed by atoms with Gasteiger partial charge in [-0.25, -0.2) is 4.79 Å². The number of aryl methyl sites for hydroxylation is 1. The van der Waals surface area contributed by atoms with E-state index in [4.69, 9.17) is 0 Å². The van der Waals surface area contributed by atoms with Crippen LogP contribution in [0.1, 0.15) is 39.2 Å². The van der Waals surface area contributed by atoms with Crippen molar-refractivity contribution < 1.29 is 14.4 Å². The highest BCUT2D eigenvalue weighted by Crippen LogP contribution is 2.23. The third-order valence-electron chi connectivity index (χ3n) is 4.45. The summed E-state index contributed by atoms with van der Waals surface area (Å²) in [5.74, 6) is -0.165. The van der Waals surface area contributed by atoms with Crippen molar-refractivity contribution in [3.63, 3.8) is 0 Å². The van der Waals surface area contributed by atoms with Crippen LogP contribution in [0.4, 0.5) is 4.79 Å². The smallest absolute Gasteiger partial charge is 0.325 e.